The van der Waals surface area contributed by atoms with Crippen molar-refractivity contribution in [3.05, 3.63) is 46.9 Å². The van der Waals surface area contributed by atoms with Gasteiger partial charge in [0.2, 0.25) is 5.95 Å². The van der Waals surface area contributed by atoms with Crippen LogP contribution in [0.1, 0.15) is 32.6 Å². The number of hydrogen-bond donors (Lipinski definition) is 1. The molecule has 170 valence electrons. The fourth-order valence-electron chi connectivity index (χ4n) is 3.50. The number of likely N-dealkylation sites (tertiary alicyclic amines) is 1. The molecule has 0 radical (unpaired) electrons. The molecule has 2 saturated heterocycles. The molecule has 2 fully saturated rings. The minimum absolute atomic E-state index is 0.0723. The predicted octanol–water partition coefficient (Wildman–Crippen LogP) is 5.91. The van der Waals surface area contributed by atoms with Crippen LogP contribution in [0.5, 0.6) is 0 Å². The van der Waals surface area contributed by atoms with E-state index < -0.39 is 17.6 Å². The van der Waals surface area contributed by atoms with Crippen molar-refractivity contribution in [3.8, 4) is 0 Å². The van der Waals surface area contributed by atoms with E-state index in [1.807, 2.05) is 4.90 Å². The number of nitrogens with zero attached hydrogens (tertiary/aromatic N) is 3. The van der Waals surface area contributed by atoms with Gasteiger partial charge in [-0.3, -0.25) is 0 Å². The van der Waals surface area contributed by atoms with Crippen LogP contribution in [0.3, 0.4) is 0 Å². The highest BCUT2D eigenvalue weighted by molar-refractivity contribution is 7.94. The molecule has 1 N–H and O–H groups in total. The molecular formula is C21H26ClF3N4OS. The lowest BCUT2D eigenvalue weighted by molar-refractivity contribution is 0.359. The third kappa shape index (κ3) is 6.65. The zero-order valence-electron chi connectivity index (χ0n) is 17.3. The highest BCUT2D eigenvalue weighted by atomic mass is 35.5. The van der Waals surface area contributed by atoms with Crippen LogP contribution in [0.4, 0.5) is 24.7 Å². The zero-order chi connectivity index (χ0) is 22.2. The third-order valence-corrected chi connectivity index (χ3v) is 6.24. The Morgan fingerprint density at radius 3 is 2.39 bits per heavy atom. The smallest absolute Gasteiger partial charge is 0.214 e. The molecule has 0 spiro atoms. The average Bonchev–Trinajstić information content (AvgIpc) is 3.48. The number of anilines is 2. The van der Waals surface area contributed by atoms with Crippen LogP contribution in [-0.2, 0) is 4.28 Å². The summed E-state index contributed by atoms with van der Waals surface area (Å²) in [6.45, 7) is 7.60. The summed E-state index contributed by atoms with van der Waals surface area (Å²) in [5.74, 6) is -2.30. The van der Waals surface area contributed by atoms with Gasteiger partial charge in [0.05, 0.1) is 17.7 Å². The molecule has 2 aromatic rings. The van der Waals surface area contributed by atoms with Gasteiger partial charge in [-0.2, -0.15) is 8.67 Å². The van der Waals surface area contributed by atoms with E-state index in [0.717, 1.165) is 18.9 Å². The number of benzene rings is 1. The second kappa shape index (κ2) is 11.8. The van der Waals surface area contributed by atoms with Gasteiger partial charge >= 0.3 is 0 Å². The highest BCUT2D eigenvalue weighted by Gasteiger charge is 2.23. The summed E-state index contributed by atoms with van der Waals surface area (Å²) in [7, 11) is 0. The summed E-state index contributed by atoms with van der Waals surface area (Å²) in [5.41, 5.74) is 2.64. The molecule has 31 heavy (non-hydrogen) atoms. The minimum atomic E-state index is -0.891. The van der Waals surface area contributed by atoms with Crippen molar-refractivity contribution < 1.29 is 17.5 Å². The van der Waals surface area contributed by atoms with E-state index in [2.05, 4.69) is 22.3 Å². The molecular weight excluding hydrogens is 449 g/mol. The van der Waals surface area contributed by atoms with E-state index in [1.54, 1.807) is 0 Å². The lowest BCUT2D eigenvalue weighted by Gasteiger charge is -2.20. The largest absolute Gasteiger partial charge is 0.370 e. The van der Waals surface area contributed by atoms with Gasteiger partial charge in [-0.15, -0.1) is 0 Å². The Morgan fingerprint density at radius 1 is 1.10 bits per heavy atom. The summed E-state index contributed by atoms with van der Waals surface area (Å²) < 4.78 is 46.4. The maximum absolute atomic E-state index is 14.4. The van der Waals surface area contributed by atoms with Crippen LogP contribution in [0, 0.1) is 17.6 Å². The van der Waals surface area contributed by atoms with Gasteiger partial charge in [0.1, 0.15) is 15.7 Å². The van der Waals surface area contributed by atoms with Crippen LogP contribution in [0.15, 0.2) is 29.2 Å². The number of hydrogen-bond acceptors (Lipinski definition) is 6. The van der Waals surface area contributed by atoms with Gasteiger partial charge in [0, 0.05) is 19.2 Å². The first kappa shape index (κ1) is 24.0. The van der Waals surface area contributed by atoms with Crippen LogP contribution in [0.25, 0.3) is 0 Å². The molecule has 2 aliphatic rings. The lowest BCUT2D eigenvalue weighted by Crippen LogP contribution is -2.19. The van der Waals surface area contributed by atoms with E-state index in [0.29, 0.717) is 30.8 Å². The maximum Gasteiger partial charge on any atom is 0.214 e. The van der Waals surface area contributed by atoms with Crippen molar-refractivity contribution in [2.75, 3.05) is 43.1 Å². The van der Waals surface area contributed by atoms with E-state index in [1.165, 1.54) is 50.7 Å². The number of pyridine rings is 1. The van der Waals surface area contributed by atoms with Crippen molar-refractivity contribution in [2.24, 2.45) is 0 Å². The Balaban J connectivity index is 0.000000330. The summed E-state index contributed by atoms with van der Waals surface area (Å²) >= 11 is 6.45. The molecule has 4 rings (SSSR count). The van der Waals surface area contributed by atoms with Gasteiger partial charge in [-0.1, -0.05) is 24.6 Å². The Kier molecular flexibility index (Phi) is 9.13. The summed E-state index contributed by atoms with van der Waals surface area (Å²) in [5, 5.41) is -0.145. The fourth-order valence-corrected chi connectivity index (χ4v) is 4.35. The Labute approximate surface area is 190 Å². The molecule has 0 bridgehead atoms. The van der Waals surface area contributed by atoms with Gasteiger partial charge < -0.3 is 9.80 Å². The molecule has 0 atom stereocenters. The number of nitrogens with one attached hydrogen (secondary N) is 1. The first-order chi connectivity index (χ1) is 15.0. The standard InChI is InChI=1S/C15H13ClF3N3OS.C6H13N/c16-13-10(22-6-1-2-7-22)8-9(17)15(14(13)19)24-23-21-12-5-3-4-11(18)20-12;1-2-7-5-3-4-6-7/h3-5,8H,1-2,6-7H2,(H,20,21);2-6H2,1H3. The monoisotopic (exact) mass is 474 g/mol. The SMILES string of the molecule is CCN1CCCC1.Fc1cccc(NOSc2c(F)cc(N3CCCC3)c(Cl)c2F)n1. The molecule has 3 heterocycles. The number of rotatable bonds is 6. The second-order valence-electron chi connectivity index (χ2n) is 7.28. The van der Waals surface area contributed by atoms with Gasteiger partial charge in [-0.05, 0) is 57.5 Å². The number of halogens is 4. The van der Waals surface area contributed by atoms with Crippen molar-refractivity contribution in [1.82, 2.24) is 9.88 Å². The summed E-state index contributed by atoms with van der Waals surface area (Å²) in [6, 6.07) is 5.22. The molecule has 2 aliphatic heterocycles. The molecule has 0 aliphatic carbocycles. The van der Waals surface area contributed by atoms with Gasteiger partial charge in [-0.25, -0.2) is 19.2 Å². The molecule has 0 amide bonds. The van der Waals surface area contributed by atoms with Crippen LogP contribution in [0.2, 0.25) is 5.02 Å². The molecule has 1 aromatic carbocycles. The average molecular weight is 475 g/mol. The van der Waals surface area contributed by atoms with E-state index in [4.69, 9.17) is 15.9 Å². The molecule has 0 saturated carbocycles. The maximum atomic E-state index is 14.4. The highest BCUT2D eigenvalue weighted by Crippen LogP contribution is 2.38. The van der Waals surface area contributed by atoms with E-state index in [-0.39, 0.29) is 15.7 Å². The molecule has 10 heteroatoms. The Bertz CT molecular complexity index is 865. The lowest BCUT2D eigenvalue weighted by atomic mass is 10.2. The summed E-state index contributed by atoms with van der Waals surface area (Å²) in [4.78, 5) is 7.45. The van der Waals surface area contributed by atoms with Gasteiger partial charge in [0.15, 0.2) is 11.6 Å². The van der Waals surface area contributed by atoms with Crippen molar-refractivity contribution in [1.29, 1.82) is 0 Å². The normalized spacial score (nSPS) is 16.4. The first-order valence-electron chi connectivity index (χ1n) is 10.4. The topological polar surface area (TPSA) is 40.6 Å². The van der Waals surface area contributed by atoms with Crippen molar-refractivity contribution in [2.45, 2.75) is 37.5 Å². The quantitative estimate of drug-likeness (QED) is 0.243. The predicted molar refractivity (Wildman–Crippen MR) is 119 cm³/mol. The second-order valence-corrected chi connectivity index (χ2v) is 8.40. The Morgan fingerprint density at radius 2 is 1.77 bits per heavy atom. The minimum Gasteiger partial charge on any atom is -0.370 e. The van der Waals surface area contributed by atoms with Crippen molar-refractivity contribution in [3.63, 3.8) is 0 Å². The fraction of sp³-hybridized carbons (Fsp3) is 0.476. The van der Waals surface area contributed by atoms with Gasteiger partial charge in [0.25, 0.3) is 0 Å². The molecule has 0 unspecified atom stereocenters. The summed E-state index contributed by atoms with van der Waals surface area (Å²) in [6.07, 6.45) is 4.77. The number of aromatic nitrogens is 1. The molecule has 1 aromatic heterocycles. The third-order valence-electron chi connectivity index (χ3n) is 5.18. The first-order valence-corrected chi connectivity index (χ1v) is 11.5. The van der Waals surface area contributed by atoms with E-state index >= 15 is 0 Å². The zero-order valence-corrected chi connectivity index (χ0v) is 18.9. The van der Waals surface area contributed by atoms with Crippen LogP contribution >= 0.6 is 23.6 Å². The Hall–Kier alpha value is -1.68. The van der Waals surface area contributed by atoms with Crippen LogP contribution < -0.4 is 10.4 Å². The van der Waals surface area contributed by atoms with Crippen molar-refractivity contribution >= 4 is 35.1 Å². The molecule has 5 nitrogen and oxygen atoms in total. The van der Waals surface area contributed by atoms with Crippen LogP contribution in [-0.4, -0.2) is 42.6 Å². The van der Waals surface area contributed by atoms with E-state index in [9.17, 15) is 13.2 Å².